The quantitative estimate of drug-likeness (QED) is 0.882. The van der Waals surface area contributed by atoms with Crippen molar-refractivity contribution in [2.24, 2.45) is 0 Å². The average Bonchev–Trinajstić information content (AvgIpc) is 3.11. The lowest BCUT2D eigenvalue weighted by atomic mass is 10.0. The van der Waals surface area contributed by atoms with Crippen LogP contribution in [0.25, 0.3) is 0 Å². The topological polar surface area (TPSA) is 46.0 Å². The van der Waals surface area contributed by atoms with Crippen LogP contribution in [0.15, 0.2) is 30.3 Å². The van der Waals surface area contributed by atoms with Gasteiger partial charge in [-0.3, -0.25) is 0 Å². The number of hydrogen-bond donors (Lipinski definition) is 1. The van der Waals surface area contributed by atoms with Crippen LogP contribution in [-0.2, 0) is 19.3 Å². The lowest BCUT2D eigenvalue weighted by Gasteiger charge is -2.12. The van der Waals surface area contributed by atoms with Crippen molar-refractivity contribution in [2.45, 2.75) is 57.8 Å². The molecule has 0 aliphatic heterocycles. The number of aromatic nitrogens is 2. The Morgan fingerprint density at radius 3 is 2.30 bits per heavy atom. The molecule has 1 aromatic heterocycles. The van der Waals surface area contributed by atoms with Crippen LogP contribution in [-0.4, -0.2) is 21.7 Å². The first-order chi connectivity index (χ1) is 11.3. The highest BCUT2D eigenvalue weighted by Crippen LogP contribution is 2.32. The first kappa shape index (κ1) is 16.1. The van der Waals surface area contributed by atoms with Crippen molar-refractivity contribution >= 4 is 0 Å². The molecule has 1 fully saturated rings. The Hall–Kier alpha value is -1.74. The number of benzene rings is 1. The monoisotopic (exact) mass is 310 g/mol. The molecule has 3 rings (SSSR count). The van der Waals surface area contributed by atoms with Crippen molar-refractivity contribution in [3.05, 3.63) is 58.7 Å². The minimum Gasteiger partial charge on any atom is -0.396 e. The summed E-state index contributed by atoms with van der Waals surface area (Å²) in [6, 6.07) is 10.7. The maximum Gasteiger partial charge on any atom is 0.131 e. The molecule has 0 amide bonds. The standard InChI is InChI=1S/C20H26N2O/c1-2-18-14-19(22-20(21-18)17-5-3-4-6-17)13-16-9-7-15(8-10-16)11-12-23/h7-10,14,17,23H,2-6,11-13H2,1H3. The predicted molar refractivity (Wildman–Crippen MR) is 92.7 cm³/mol. The fraction of sp³-hybridized carbons (Fsp3) is 0.500. The predicted octanol–water partition coefficient (Wildman–Crippen LogP) is 3.82. The third kappa shape index (κ3) is 4.17. The molecule has 1 aromatic carbocycles. The third-order valence-electron chi connectivity index (χ3n) is 4.74. The normalized spacial score (nSPS) is 15.2. The van der Waals surface area contributed by atoms with Crippen LogP contribution in [0.5, 0.6) is 0 Å². The van der Waals surface area contributed by atoms with Gasteiger partial charge < -0.3 is 5.11 Å². The summed E-state index contributed by atoms with van der Waals surface area (Å²) < 4.78 is 0. The van der Waals surface area contributed by atoms with Gasteiger partial charge >= 0.3 is 0 Å². The molecule has 0 unspecified atom stereocenters. The molecule has 0 spiro atoms. The van der Waals surface area contributed by atoms with Gasteiger partial charge in [-0.05, 0) is 42.9 Å². The number of nitrogens with zero attached hydrogens (tertiary/aromatic N) is 2. The molecule has 1 N–H and O–H groups in total. The van der Waals surface area contributed by atoms with Gasteiger partial charge in [-0.1, -0.05) is 44.0 Å². The summed E-state index contributed by atoms with van der Waals surface area (Å²) >= 11 is 0. The van der Waals surface area contributed by atoms with Gasteiger partial charge in [0.1, 0.15) is 5.82 Å². The molecule has 2 aromatic rings. The van der Waals surface area contributed by atoms with Gasteiger partial charge in [0.2, 0.25) is 0 Å². The first-order valence-electron chi connectivity index (χ1n) is 8.84. The molecule has 23 heavy (non-hydrogen) atoms. The number of aryl methyl sites for hydroxylation is 1. The van der Waals surface area contributed by atoms with Crippen molar-refractivity contribution in [3.8, 4) is 0 Å². The SMILES string of the molecule is CCc1cc(Cc2ccc(CCO)cc2)nc(C2CCCC2)n1. The second kappa shape index (κ2) is 7.69. The minimum atomic E-state index is 0.204. The molecule has 1 saturated carbocycles. The zero-order valence-corrected chi connectivity index (χ0v) is 14.0. The highest BCUT2D eigenvalue weighted by Gasteiger charge is 2.20. The third-order valence-corrected chi connectivity index (χ3v) is 4.74. The van der Waals surface area contributed by atoms with Gasteiger partial charge in [0.15, 0.2) is 0 Å². The van der Waals surface area contributed by atoms with Crippen LogP contribution >= 0.6 is 0 Å². The molecule has 1 aliphatic carbocycles. The van der Waals surface area contributed by atoms with E-state index < -0.39 is 0 Å². The molecule has 0 radical (unpaired) electrons. The van der Waals surface area contributed by atoms with E-state index in [2.05, 4.69) is 37.3 Å². The van der Waals surface area contributed by atoms with Crippen LogP contribution < -0.4 is 0 Å². The van der Waals surface area contributed by atoms with Crippen LogP contribution in [0.4, 0.5) is 0 Å². The molecule has 0 bridgehead atoms. The number of aliphatic hydroxyl groups is 1. The van der Waals surface area contributed by atoms with Crippen molar-refractivity contribution < 1.29 is 5.11 Å². The van der Waals surface area contributed by atoms with Crippen molar-refractivity contribution in [2.75, 3.05) is 6.61 Å². The molecule has 0 saturated heterocycles. The Kier molecular flexibility index (Phi) is 5.39. The largest absolute Gasteiger partial charge is 0.396 e. The van der Waals surface area contributed by atoms with Crippen molar-refractivity contribution in [1.82, 2.24) is 9.97 Å². The Morgan fingerprint density at radius 2 is 1.65 bits per heavy atom. The lowest BCUT2D eigenvalue weighted by Crippen LogP contribution is -2.07. The number of aliphatic hydroxyl groups excluding tert-OH is 1. The Bertz CT molecular complexity index is 631. The number of hydrogen-bond acceptors (Lipinski definition) is 3. The zero-order chi connectivity index (χ0) is 16.1. The number of rotatable bonds is 6. The molecular weight excluding hydrogens is 284 g/mol. The fourth-order valence-corrected chi connectivity index (χ4v) is 3.38. The van der Waals surface area contributed by atoms with E-state index in [0.717, 1.165) is 36.5 Å². The molecule has 3 heteroatoms. The summed E-state index contributed by atoms with van der Waals surface area (Å²) in [5.74, 6) is 1.63. The van der Waals surface area contributed by atoms with Crippen LogP contribution in [0, 0.1) is 0 Å². The zero-order valence-electron chi connectivity index (χ0n) is 14.0. The van der Waals surface area contributed by atoms with Crippen molar-refractivity contribution in [3.63, 3.8) is 0 Å². The Balaban J connectivity index is 1.79. The summed E-state index contributed by atoms with van der Waals surface area (Å²) in [6.07, 6.45) is 7.64. The van der Waals surface area contributed by atoms with E-state index in [4.69, 9.17) is 15.1 Å². The van der Waals surface area contributed by atoms with E-state index in [1.807, 2.05) is 0 Å². The van der Waals surface area contributed by atoms with Crippen LogP contribution in [0.3, 0.4) is 0 Å². The van der Waals surface area contributed by atoms with E-state index in [1.54, 1.807) is 0 Å². The first-order valence-corrected chi connectivity index (χ1v) is 8.84. The van der Waals surface area contributed by atoms with E-state index in [1.165, 1.54) is 36.8 Å². The Labute approximate surface area is 138 Å². The summed E-state index contributed by atoms with van der Waals surface area (Å²) in [4.78, 5) is 9.64. The smallest absolute Gasteiger partial charge is 0.131 e. The maximum atomic E-state index is 9.00. The molecule has 0 atom stereocenters. The molecule has 1 heterocycles. The average molecular weight is 310 g/mol. The molecular formula is C20H26N2O. The van der Waals surface area contributed by atoms with Crippen molar-refractivity contribution in [1.29, 1.82) is 0 Å². The second-order valence-electron chi connectivity index (χ2n) is 6.51. The summed E-state index contributed by atoms with van der Waals surface area (Å²) in [5.41, 5.74) is 4.74. The molecule has 122 valence electrons. The fourth-order valence-electron chi connectivity index (χ4n) is 3.38. The van der Waals surface area contributed by atoms with Gasteiger partial charge in [-0.15, -0.1) is 0 Å². The van der Waals surface area contributed by atoms with Gasteiger partial charge in [-0.25, -0.2) is 9.97 Å². The van der Waals surface area contributed by atoms with Gasteiger partial charge in [0.25, 0.3) is 0 Å². The summed E-state index contributed by atoms with van der Waals surface area (Å²) in [6.45, 7) is 2.37. The highest BCUT2D eigenvalue weighted by molar-refractivity contribution is 5.27. The van der Waals surface area contributed by atoms with E-state index in [9.17, 15) is 0 Å². The molecule has 1 aliphatic rings. The van der Waals surface area contributed by atoms with Crippen LogP contribution in [0.2, 0.25) is 0 Å². The summed E-state index contributed by atoms with van der Waals surface area (Å²) in [5, 5.41) is 9.00. The maximum absolute atomic E-state index is 9.00. The van der Waals surface area contributed by atoms with Gasteiger partial charge in [0, 0.05) is 30.3 Å². The van der Waals surface area contributed by atoms with Gasteiger partial charge in [-0.2, -0.15) is 0 Å². The van der Waals surface area contributed by atoms with E-state index in [0.29, 0.717) is 5.92 Å². The van der Waals surface area contributed by atoms with Gasteiger partial charge in [0.05, 0.1) is 0 Å². The second-order valence-corrected chi connectivity index (χ2v) is 6.51. The van der Waals surface area contributed by atoms with Crippen LogP contribution in [0.1, 0.15) is 66.9 Å². The summed E-state index contributed by atoms with van der Waals surface area (Å²) in [7, 11) is 0. The Morgan fingerprint density at radius 1 is 1.00 bits per heavy atom. The lowest BCUT2D eigenvalue weighted by molar-refractivity contribution is 0.299. The van der Waals surface area contributed by atoms with E-state index >= 15 is 0 Å². The highest BCUT2D eigenvalue weighted by atomic mass is 16.2. The minimum absolute atomic E-state index is 0.204. The molecule has 3 nitrogen and oxygen atoms in total. The van der Waals surface area contributed by atoms with E-state index in [-0.39, 0.29) is 6.61 Å².